The summed E-state index contributed by atoms with van der Waals surface area (Å²) in [4.78, 5) is 3.90. The lowest BCUT2D eigenvalue weighted by Gasteiger charge is -2.32. The monoisotopic (exact) mass is 295 g/mol. The van der Waals surface area contributed by atoms with Gasteiger partial charge in [0.05, 0.1) is 0 Å². The first-order valence-electron chi connectivity index (χ1n) is 6.32. The Morgan fingerprint density at radius 1 is 1.25 bits per heavy atom. The molecule has 0 saturated heterocycles. The van der Waals surface area contributed by atoms with Gasteiger partial charge in [0.1, 0.15) is 24.5 Å². The predicted molar refractivity (Wildman–Crippen MR) is 76.6 cm³/mol. The van der Waals surface area contributed by atoms with Gasteiger partial charge in [0, 0.05) is 5.02 Å². The molecular formula is C14H18ClN3O2. The van der Waals surface area contributed by atoms with Crippen molar-refractivity contribution in [1.29, 1.82) is 0 Å². The Labute approximate surface area is 123 Å². The van der Waals surface area contributed by atoms with Crippen molar-refractivity contribution < 1.29 is 9.84 Å². The topological polar surface area (TPSA) is 60.2 Å². The highest BCUT2D eigenvalue weighted by molar-refractivity contribution is 6.30. The van der Waals surface area contributed by atoms with E-state index in [1.807, 2.05) is 20.8 Å². The van der Waals surface area contributed by atoms with Crippen molar-refractivity contribution in [3.8, 4) is 5.75 Å². The molecule has 108 valence electrons. The average Bonchev–Trinajstić information content (AvgIpc) is 2.90. The molecule has 0 amide bonds. The molecule has 1 heterocycles. The average molecular weight is 296 g/mol. The van der Waals surface area contributed by atoms with Gasteiger partial charge < -0.3 is 9.84 Å². The molecule has 0 bridgehead atoms. The lowest BCUT2D eigenvalue weighted by Crippen LogP contribution is -2.38. The number of ether oxygens (including phenoxy) is 1. The molecule has 1 aromatic heterocycles. The van der Waals surface area contributed by atoms with Crippen molar-refractivity contribution in [3.05, 3.63) is 41.9 Å². The van der Waals surface area contributed by atoms with Crippen LogP contribution in [0.3, 0.4) is 0 Å². The molecule has 0 saturated carbocycles. The zero-order valence-corrected chi connectivity index (χ0v) is 12.4. The van der Waals surface area contributed by atoms with Crippen LogP contribution in [0.25, 0.3) is 0 Å². The fraction of sp³-hybridized carbons (Fsp3) is 0.429. The Balaban J connectivity index is 2.26. The van der Waals surface area contributed by atoms with Crippen LogP contribution in [0.4, 0.5) is 0 Å². The largest absolute Gasteiger partial charge is 0.466 e. The molecule has 2 atom stereocenters. The number of nitrogens with zero attached hydrogens (tertiary/aromatic N) is 3. The number of hydrogen-bond acceptors (Lipinski definition) is 4. The highest BCUT2D eigenvalue weighted by Crippen LogP contribution is 2.30. The molecule has 1 aromatic carbocycles. The summed E-state index contributed by atoms with van der Waals surface area (Å²) in [6, 6.07) is 6.97. The maximum atomic E-state index is 10.5. The van der Waals surface area contributed by atoms with Gasteiger partial charge in [-0.2, -0.15) is 5.10 Å². The molecule has 5 nitrogen and oxygen atoms in total. The second-order valence-electron chi connectivity index (χ2n) is 5.65. The quantitative estimate of drug-likeness (QED) is 0.942. The number of aliphatic hydroxyl groups is 1. The minimum Gasteiger partial charge on any atom is -0.466 e. The van der Waals surface area contributed by atoms with Gasteiger partial charge in [-0.15, -0.1) is 0 Å². The molecule has 20 heavy (non-hydrogen) atoms. The molecule has 0 aliphatic carbocycles. The minimum atomic E-state index is -0.750. The summed E-state index contributed by atoms with van der Waals surface area (Å²) < 4.78 is 7.36. The first kappa shape index (κ1) is 14.8. The molecule has 2 aromatic rings. The number of halogens is 1. The van der Waals surface area contributed by atoms with Crippen molar-refractivity contribution in [1.82, 2.24) is 14.8 Å². The highest BCUT2D eigenvalue weighted by atomic mass is 35.5. The van der Waals surface area contributed by atoms with Crippen LogP contribution in [-0.4, -0.2) is 26.0 Å². The molecule has 0 spiro atoms. The fourth-order valence-electron chi connectivity index (χ4n) is 1.69. The zero-order chi connectivity index (χ0) is 14.8. The molecule has 0 aliphatic rings. The Bertz CT molecular complexity index is 535. The van der Waals surface area contributed by atoms with Crippen LogP contribution in [0.1, 0.15) is 27.0 Å². The van der Waals surface area contributed by atoms with E-state index in [9.17, 15) is 5.11 Å². The van der Waals surface area contributed by atoms with Crippen molar-refractivity contribution in [3.63, 3.8) is 0 Å². The van der Waals surface area contributed by atoms with E-state index in [4.69, 9.17) is 16.3 Å². The van der Waals surface area contributed by atoms with Gasteiger partial charge in [-0.1, -0.05) is 32.4 Å². The normalized spacial score (nSPS) is 14.8. The molecule has 0 aliphatic heterocycles. The van der Waals surface area contributed by atoms with Gasteiger partial charge in [-0.25, -0.2) is 9.67 Å². The molecule has 0 radical (unpaired) electrons. The maximum Gasteiger partial charge on any atom is 0.219 e. The number of aromatic nitrogens is 3. The van der Waals surface area contributed by atoms with Crippen molar-refractivity contribution in [2.45, 2.75) is 33.1 Å². The summed E-state index contributed by atoms with van der Waals surface area (Å²) in [7, 11) is 0. The van der Waals surface area contributed by atoms with E-state index >= 15 is 0 Å². The SMILES string of the molecule is CC(C)(C)[C@H](O)C(Oc1ccc(Cl)cc1)n1cncn1. The Morgan fingerprint density at radius 2 is 1.90 bits per heavy atom. The lowest BCUT2D eigenvalue weighted by atomic mass is 9.88. The maximum absolute atomic E-state index is 10.5. The molecule has 0 fully saturated rings. The van der Waals surface area contributed by atoms with Crippen LogP contribution in [-0.2, 0) is 0 Å². The van der Waals surface area contributed by atoms with Crippen molar-refractivity contribution in [2.75, 3.05) is 0 Å². The van der Waals surface area contributed by atoms with Crippen LogP contribution < -0.4 is 4.74 Å². The molecule has 1 N–H and O–H groups in total. The van der Waals surface area contributed by atoms with Crippen LogP contribution in [0.5, 0.6) is 5.75 Å². The first-order valence-corrected chi connectivity index (χ1v) is 6.70. The summed E-state index contributed by atoms with van der Waals surface area (Å²) in [6.45, 7) is 5.81. The summed E-state index contributed by atoms with van der Waals surface area (Å²) in [6.07, 6.45) is 1.53. The second-order valence-corrected chi connectivity index (χ2v) is 6.09. The number of rotatable bonds is 4. The predicted octanol–water partition coefficient (Wildman–Crippen LogP) is 2.92. The van der Waals surface area contributed by atoms with Crippen molar-refractivity contribution >= 4 is 11.6 Å². The highest BCUT2D eigenvalue weighted by Gasteiger charge is 2.34. The molecular weight excluding hydrogens is 278 g/mol. The summed E-state index contributed by atoms with van der Waals surface area (Å²) in [5.74, 6) is 0.609. The summed E-state index contributed by atoms with van der Waals surface area (Å²) in [5.41, 5.74) is -0.358. The van der Waals surface area contributed by atoms with E-state index in [0.717, 1.165) is 0 Å². The van der Waals surface area contributed by atoms with E-state index in [-0.39, 0.29) is 5.41 Å². The number of benzene rings is 1. The summed E-state index contributed by atoms with van der Waals surface area (Å²) >= 11 is 5.85. The van der Waals surface area contributed by atoms with Crippen LogP contribution in [0.15, 0.2) is 36.9 Å². The zero-order valence-electron chi connectivity index (χ0n) is 11.7. The standard InChI is InChI=1S/C14H18ClN3O2/c1-14(2,3)12(19)13(18-9-16-8-17-18)20-11-6-4-10(15)5-7-11/h4-9,12-13,19H,1-3H3/t12-,13?/m1/s1. The van der Waals surface area contributed by atoms with E-state index < -0.39 is 12.3 Å². The van der Waals surface area contributed by atoms with Gasteiger partial charge in [0.25, 0.3) is 0 Å². The van der Waals surface area contributed by atoms with E-state index in [0.29, 0.717) is 10.8 Å². The molecule has 2 rings (SSSR count). The van der Waals surface area contributed by atoms with E-state index in [2.05, 4.69) is 10.1 Å². The van der Waals surface area contributed by atoms with Crippen molar-refractivity contribution in [2.24, 2.45) is 5.41 Å². The van der Waals surface area contributed by atoms with Gasteiger partial charge in [-0.3, -0.25) is 0 Å². The van der Waals surface area contributed by atoms with Gasteiger partial charge in [0.2, 0.25) is 6.23 Å². The van der Waals surface area contributed by atoms with Gasteiger partial charge in [0.15, 0.2) is 0 Å². The Hall–Kier alpha value is -1.59. The second kappa shape index (κ2) is 5.81. The van der Waals surface area contributed by atoms with Crippen LogP contribution >= 0.6 is 11.6 Å². The molecule has 1 unspecified atom stereocenters. The third-order valence-electron chi connectivity index (χ3n) is 2.93. The van der Waals surface area contributed by atoms with E-state index in [1.165, 1.54) is 17.3 Å². The summed E-state index contributed by atoms with van der Waals surface area (Å²) in [5, 5.41) is 15.2. The lowest BCUT2D eigenvalue weighted by molar-refractivity contribution is -0.0731. The first-order chi connectivity index (χ1) is 9.38. The van der Waals surface area contributed by atoms with Crippen LogP contribution in [0, 0.1) is 5.41 Å². The van der Waals surface area contributed by atoms with Gasteiger partial charge >= 0.3 is 0 Å². The Morgan fingerprint density at radius 3 is 2.40 bits per heavy atom. The number of hydrogen-bond donors (Lipinski definition) is 1. The van der Waals surface area contributed by atoms with Gasteiger partial charge in [-0.05, 0) is 29.7 Å². The smallest absolute Gasteiger partial charge is 0.219 e. The third kappa shape index (κ3) is 3.49. The minimum absolute atomic E-state index is 0.358. The van der Waals surface area contributed by atoms with E-state index in [1.54, 1.807) is 24.3 Å². The Kier molecular flexibility index (Phi) is 4.30. The molecule has 6 heteroatoms. The number of aliphatic hydroxyl groups excluding tert-OH is 1. The van der Waals surface area contributed by atoms with Crippen LogP contribution in [0.2, 0.25) is 5.02 Å². The third-order valence-corrected chi connectivity index (χ3v) is 3.18. The fourth-order valence-corrected chi connectivity index (χ4v) is 1.82.